The second kappa shape index (κ2) is 9.96. The molecule has 0 aliphatic heterocycles. The van der Waals surface area contributed by atoms with Crippen LogP contribution >= 0.6 is 0 Å². The molecular weight excluding hydrogens is 418 g/mol. The summed E-state index contributed by atoms with van der Waals surface area (Å²) in [6, 6.07) is 14.0. The zero-order valence-corrected chi connectivity index (χ0v) is 18.4. The summed E-state index contributed by atoms with van der Waals surface area (Å²) >= 11 is 0. The van der Waals surface area contributed by atoms with E-state index in [2.05, 4.69) is 21.4 Å². The van der Waals surface area contributed by atoms with Gasteiger partial charge >= 0.3 is 6.03 Å². The van der Waals surface area contributed by atoms with Crippen molar-refractivity contribution in [3.8, 4) is 23.2 Å². The third-order valence-corrected chi connectivity index (χ3v) is 5.70. The summed E-state index contributed by atoms with van der Waals surface area (Å²) in [5, 5.41) is 12.3. The lowest BCUT2D eigenvalue weighted by Gasteiger charge is -2.34. The predicted molar refractivity (Wildman–Crippen MR) is 126 cm³/mol. The molecule has 1 fully saturated rings. The Hall–Kier alpha value is -4.19. The molecule has 1 aliphatic rings. The maximum atomic E-state index is 13.5. The van der Waals surface area contributed by atoms with Crippen molar-refractivity contribution in [2.45, 2.75) is 38.1 Å². The van der Waals surface area contributed by atoms with E-state index in [1.165, 1.54) is 13.4 Å². The van der Waals surface area contributed by atoms with Gasteiger partial charge in [-0.15, -0.1) is 0 Å². The number of carbonyl (C=O) groups excluding carboxylic acids is 1. The average molecular weight is 444 g/mol. The minimum atomic E-state index is -0.382. The number of rotatable bonds is 5. The van der Waals surface area contributed by atoms with Crippen molar-refractivity contribution in [2.75, 3.05) is 23.1 Å². The minimum absolute atomic E-state index is 0.0567. The van der Waals surface area contributed by atoms with Gasteiger partial charge < -0.3 is 10.5 Å². The maximum absolute atomic E-state index is 13.5. The highest BCUT2D eigenvalue weighted by atomic mass is 16.5. The number of anilines is 3. The van der Waals surface area contributed by atoms with Crippen molar-refractivity contribution in [2.24, 2.45) is 0 Å². The van der Waals surface area contributed by atoms with Crippen molar-refractivity contribution in [3.05, 3.63) is 54.4 Å². The molecule has 1 aliphatic carbocycles. The van der Waals surface area contributed by atoms with Gasteiger partial charge in [0.2, 0.25) is 5.88 Å². The highest BCUT2D eigenvalue weighted by molar-refractivity contribution is 6.03. The van der Waals surface area contributed by atoms with E-state index in [0.717, 1.165) is 32.1 Å². The number of benzene rings is 1. The van der Waals surface area contributed by atoms with Gasteiger partial charge in [-0.1, -0.05) is 37.5 Å². The summed E-state index contributed by atoms with van der Waals surface area (Å²) in [7, 11) is 1.50. The van der Waals surface area contributed by atoms with Crippen molar-refractivity contribution >= 4 is 23.4 Å². The Kier molecular flexibility index (Phi) is 6.64. The summed E-state index contributed by atoms with van der Waals surface area (Å²) in [6.07, 6.45) is 6.19. The number of aromatic nitrogens is 3. The van der Waals surface area contributed by atoms with Gasteiger partial charge in [-0.3, -0.25) is 10.2 Å². The summed E-state index contributed by atoms with van der Waals surface area (Å²) in [6.45, 7) is 0. The molecule has 1 aromatic carbocycles. The summed E-state index contributed by atoms with van der Waals surface area (Å²) in [5.41, 5.74) is 8.48. The van der Waals surface area contributed by atoms with Crippen LogP contribution in [-0.2, 0) is 0 Å². The number of nitriles is 1. The quantitative estimate of drug-likeness (QED) is 0.598. The summed E-state index contributed by atoms with van der Waals surface area (Å²) in [4.78, 5) is 28.0. The van der Waals surface area contributed by atoms with Crippen molar-refractivity contribution in [1.82, 2.24) is 15.0 Å². The van der Waals surface area contributed by atoms with E-state index in [4.69, 9.17) is 15.5 Å². The number of nitrogens with zero attached hydrogens (tertiary/aromatic N) is 5. The van der Waals surface area contributed by atoms with E-state index in [9.17, 15) is 10.1 Å². The smallest absolute Gasteiger partial charge is 0.328 e. The molecule has 168 valence electrons. The Bertz CT molecular complexity index is 1190. The van der Waals surface area contributed by atoms with Crippen molar-refractivity contribution < 1.29 is 9.53 Å². The number of nitrogens with two attached hydrogens (primary N) is 1. The van der Waals surface area contributed by atoms with Gasteiger partial charge in [-0.2, -0.15) is 5.26 Å². The molecule has 9 nitrogen and oxygen atoms in total. The van der Waals surface area contributed by atoms with E-state index < -0.39 is 0 Å². The van der Waals surface area contributed by atoms with E-state index in [-0.39, 0.29) is 12.1 Å². The molecule has 2 heterocycles. The molecule has 0 saturated heterocycles. The molecule has 4 rings (SSSR count). The molecule has 0 atom stereocenters. The van der Waals surface area contributed by atoms with Gasteiger partial charge in [-0.05, 0) is 31.0 Å². The second-order valence-corrected chi connectivity index (χ2v) is 7.80. The number of hydrogen-bond donors (Lipinski definition) is 2. The largest absolute Gasteiger partial charge is 0.481 e. The Morgan fingerprint density at radius 1 is 1.18 bits per heavy atom. The zero-order valence-electron chi connectivity index (χ0n) is 18.4. The number of ether oxygens (including phenoxy) is 1. The average Bonchev–Trinajstić information content (AvgIpc) is 2.86. The number of amides is 2. The first-order chi connectivity index (χ1) is 16.1. The molecule has 0 spiro atoms. The third kappa shape index (κ3) is 4.85. The molecule has 3 N–H and O–H groups in total. The topological polar surface area (TPSA) is 130 Å². The molecular formula is C24H25N7O2. The lowest BCUT2D eigenvalue weighted by Crippen LogP contribution is -2.45. The highest BCUT2D eigenvalue weighted by Crippen LogP contribution is 2.33. The number of methoxy groups -OCH3 is 1. The van der Waals surface area contributed by atoms with Gasteiger partial charge in [-0.25, -0.2) is 19.7 Å². The Balaban J connectivity index is 1.74. The summed E-state index contributed by atoms with van der Waals surface area (Å²) in [5.74, 6) is 1.03. The first kappa shape index (κ1) is 22.0. The molecule has 3 aromatic rings. The van der Waals surface area contributed by atoms with Gasteiger partial charge in [0, 0.05) is 17.7 Å². The normalized spacial score (nSPS) is 13.7. The van der Waals surface area contributed by atoms with Crippen LogP contribution in [0.1, 0.15) is 37.7 Å². The van der Waals surface area contributed by atoms with Crippen LogP contribution in [0.15, 0.2) is 48.8 Å². The van der Waals surface area contributed by atoms with Gasteiger partial charge in [0.1, 0.15) is 12.1 Å². The Morgan fingerprint density at radius 2 is 1.97 bits per heavy atom. The molecule has 33 heavy (non-hydrogen) atoms. The van der Waals surface area contributed by atoms with Crippen LogP contribution in [0.5, 0.6) is 5.88 Å². The molecule has 2 aromatic heterocycles. The lowest BCUT2D eigenvalue weighted by molar-refractivity contribution is 0.252. The van der Waals surface area contributed by atoms with E-state index in [1.807, 2.05) is 12.1 Å². The van der Waals surface area contributed by atoms with Crippen LogP contribution in [0, 0.1) is 11.3 Å². The monoisotopic (exact) mass is 443 g/mol. The van der Waals surface area contributed by atoms with Gasteiger partial charge in [0.05, 0.1) is 30.1 Å². The van der Waals surface area contributed by atoms with Crippen LogP contribution < -0.4 is 20.7 Å². The molecule has 9 heteroatoms. The first-order valence-electron chi connectivity index (χ1n) is 10.8. The molecule has 0 bridgehead atoms. The Morgan fingerprint density at radius 3 is 2.73 bits per heavy atom. The van der Waals surface area contributed by atoms with E-state index in [0.29, 0.717) is 40.0 Å². The van der Waals surface area contributed by atoms with Crippen LogP contribution in [0.4, 0.5) is 22.1 Å². The Labute approximate surface area is 192 Å². The van der Waals surface area contributed by atoms with E-state index >= 15 is 0 Å². The zero-order chi connectivity index (χ0) is 23.2. The standard InChI is InChI=1S/C24H25N7O2/c1-33-22-13-21(27-15-28-22)30-24(32)31(17-8-3-2-4-9-17)23-19(26)11-12-20(29-23)18-10-6-5-7-16(18)14-25/h5-7,10-13,15,17H,2-4,8-9,26H2,1H3,(H,27,28,30,32). The molecule has 1 saturated carbocycles. The number of nitrogens with one attached hydrogen (secondary N) is 1. The fourth-order valence-electron chi connectivity index (χ4n) is 4.07. The minimum Gasteiger partial charge on any atom is -0.481 e. The number of hydrogen-bond acceptors (Lipinski definition) is 7. The first-order valence-corrected chi connectivity index (χ1v) is 10.8. The SMILES string of the molecule is COc1cc(NC(=O)N(c2nc(-c3ccccc3C#N)ccc2N)C2CCCCC2)ncn1. The maximum Gasteiger partial charge on any atom is 0.328 e. The van der Waals surface area contributed by atoms with Crippen molar-refractivity contribution in [1.29, 1.82) is 5.26 Å². The molecule has 0 unspecified atom stereocenters. The van der Waals surface area contributed by atoms with E-state index in [1.54, 1.807) is 35.2 Å². The second-order valence-electron chi connectivity index (χ2n) is 7.80. The number of urea groups is 1. The van der Waals surface area contributed by atoms with Gasteiger partial charge in [0.15, 0.2) is 5.82 Å². The predicted octanol–water partition coefficient (Wildman–Crippen LogP) is 4.37. The highest BCUT2D eigenvalue weighted by Gasteiger charge is 2.30. The fraction of sp³-hybridized carbons (Fsp3) is 0.292. The fourth-order valence-corrected chi connectivity index (χ4v) is 4.07. The van der Waals surface area contributed by atoms with Crippen LogP contribution in [0.25, 0.3) is 11.3 Å². The van der Waals surface area contributed by atoms with Gasteiger partial charge in [0.25, 0.3) is 0 Å². The molecule has 2 amide bonds. The number of nitrogen functional groups attached to an aromatic ring is 1. The number of carbonyl (C=O) groups is 1. The lowest BCUT2D eigenvalue weighted by atomic mass is 9.94. The van der Waals surface area contributed by atoms with Crippen LogP contribution in [0.2, 0.25) is 0 Å². The third-order valence-electron chi connectivity index (χ3n) is 5.70. The number of pyridine rings is 1. The van der Waals surface area contributed by atoms with Crippen LogP contribution in [0.3, 0.4) is 0 Å². The van der Waals surface area contributed by atoms with Crippen LogP contribution in [-0.4, -0.2) is 34.1 Å². The van der Waals surface area contributed by atoms with Crippen molar-refractivity contribution in [3.63, 3.8) is 0 Å². The molecule has 0 radical (unpaired) electrons. The summed E-state index contributed by atoms with van der Waals surface area (Å²) < 4.78 is 5.13.